The molecule has 1 aromatic heterocycles. The highest BCUT2D eigenvalue weighted by molar-refractivity contribution is 5.92. The monoisotopic (exact) mass is 314 g/mol. The number of rotatable bonds is 3. The zero-order valence-corrected chi connectivity index (χ0v) is 13.4. The van der Waals surface area contributed by atoms with E-state index in [4.69, 9.17) is 0 Å². The molecule has 0 saturated carbocycles. The number of fused-ring (bicyclic) bond motifs is 1. The molecule has 1 aliphatic rings. The summed E-state index contributed by atoms with van der Waals surface area (Å²) >= 11 is 0. The van der Waals surface area contributed by atoms with Crippen molar-refractivity contribution in [3.8, 4) is 6.07 Å². The van der Waals surface area contributed by atoms with E-state index >= 15 is 0 Å². The molecule has 4 heteroatoms. The van der Waals surface area contributed by atoms with Gasteiger partial charge >= 0.3 is 0 Å². The first-order chi connectivity index (χ1) is 11.8. The molecule has 118 valence electrons. The fourth-order valence-corrected chi connectivity index (χ4v) is 3.25. The Balaban J connectivity index is 1.77. The molecular weight excluding hydrogens is 296 g/mol. The summed E-state index contributed by atoms with van der Waals surface area (Å²) in [7, 11) is 0. The third-order valence-corrected chi connectivity index (χ3v) is 4.45. The lowest BCUT2D eigenvalue weighted by Gasteiger charge is -2.20. The Bertz CT molecular complexity index is 906. The molecule has 0 amide bonds. The smallest absolute Gasteiger partial charge is 0.149 e. The average molecular weight is 314 g/mol. The fourth-order valence-electron chi connectivity index (χ4n) is 3.25. The molecule has 1 N–H and O–H groups in total. The highest BCUT2D eigenvalue weighted by Crippen LogP contribution is 2.28. The van der Waals surface area contributed by atoms with Crippen molar-refractivity contribution in [2.24, 2.45) is 0 Å². The number of para-hydroxylation sites is 3. The van der Waals surface area contributed by atoms with Gasteiger partial charge in [0.15, 0.2) is 0 Å². The van der Waals surface area contributed by atoms with Gasteiger partial charge in [-0.1, -0.05) is 30.3 Å². The van der Waals surface area contributed by atoms with Crippen molar-refractivity contribution in [2.45, 2.75) is 12.8 Å². The van der Waals surface area contributed by atoms with Gasteiger partial charge in [-0.3, -0.25) is 0 Å². The van der Waals surface area contributed by atoms with Crippen LogP contribution in [0.4, 0.5) is 5.69 Å². The van der Waals surface area contributed by atoms with Crippen molar-refractivity contribution in [1.29, 1.82) is 5.26 Å². The largest absolute Gasteiger partial charge is 0.371 e. The first-order valence-corrected chi connectivity index (χ1v) is 8.26. The standard InChI is InChI=1S/C20H18N4/c21-14-16(20-22-17-8-2-3-9-18(17)23-20)13-15-7-1-4-10-19(15)24-11-5-6-12-24/h1-4,7-10,13H,5-6,11-12H2,(H,22,23). The van der Waals surface area contributed by atoms with E-state index in [2.05, 4.69) is 39.1 Å². The molecule has 2 heterocycles. The van der Waals surface area contributed by atoms with E-state index in [9.17, 15) is 5.26 Å². The number of imidazole rings is 1. The van der Waals surface area contributed by atoms with E-state index in [1.807, 2.05) is 36.4 Å². The van der Waals surface area contributed by atoms with Crippen LogP contribution in [0.3, 0.4) is 0 Å². The minimum Gasteiger partial charge on any atom is -0.371 e. The molecule has 4 nitrogen and oxygen atoms in total. The highest BCUT2D eigenvalue weighted by Gasteiger charge is 2.15. The average Bonchev–Trinajstić information content (AvgIpc) is 3.29. The number of aromatic nitrogens is 2. The van der Waals surface area contributed by atoms with Crippen LogP contribution in [0.1, 0.15) is 24.2 Å². The van der Waals surface area contributed by atoms with Crippen molar-refractivity contribution in [1.82, 2.24) is 9.97 Å². The number of H-pyrrole nitrogens is 1. The molecular formula is C20H18N4. The number of allylic oxidation sites excluding steroid dienone is 1. The van der Waals surface area contributed by atoms with E-state index in [0.717, 1.165) is 29.7 Å². The summed E-state index contributed by atoms with van der Waals surface area (Å²) in [5.41, 5.74) is 4.64. The highest BCUT2D eigenvalue weighted by atomic mass is 15.1. The van der Waals surface area contributed by atoms with Gasteiger partial charge in [0.05, 0.1) is 16.6 Å². The Labute approximate surface area is 141 Å². The number of nitriles is 1. The summed E-state index contributed by atoms with van der Waals surface area (Å²) < 4.78 is 0. The third kappa shape index (κ3) is 2.65. The van der Waals surface area contributed by atoms with Crippen LogP contribution in [0, 0.1) is 11.3 Å². The Morgan fingerprint density at radius 3 is 2.62 bits per heavy atom. The maximum absolute atomic E-state index is 9.63. The topological polar surface area (TPSA) is 55.7 Å². The Kier molecular flexibility index (Phi) is 3.76. The van der Waals surface area contributed by atoms with Crippen LogP contribution in [0.5, 0.6) is 0 Å². The quantitative estimate of drug-likeness (QED) is 0.736. The third-order valence-electron chi connectivity index (χ3n) is 4.45. The summed E-state index contributed by atoms with van der Waals surface area (Å²) in [4.78, 5) is 10.2. The van der Waals surface area contributed by atoms with Crippen LogP contribution in [-0.4, -0.2) is 23.1 Å². The number of hydrogen-bond acceptors (Lipinski definition) is 3. The Morgan fingerprint density at radius 1 is 1.08 bits per heavy atom. The fraction of sp³-hybridized carbons (Fsp3) is 0.200. The van der Waals surface area contributed by atoms with Crippen molar-refractivity contribution >= 4 is 28.4 Å². The number of hydrogen-bond donors (Lipinski definition) is 1. The van der Waals surface area contributed by atoms with Crippen LogP contribution < -0.4 is 4.90 Å². The molecule has 2 aromatic carbocycles. The molecule has 0 radical (unpaired) electrons. The van der Waals surface area contributed by atoms with Gasteiger partial charge in [0.1, 0.15) is 11.9 Å². The van der Waals surface area contributed by atoms with Gasteiger partial charge in [-0.2, -0.15) is 5.26 Å². The zero-order chi connectivity index (χ0) is 16.4. The first kappa shape index (κ1) is 14.5. The van der Waals surface area contributed by atoms with Crippen molar-refractivity contribution in [2.75, 3.05) is 18.0 Å². The number of nitrogens with one attached hydrogen (secondary N) is 1. The van der Waals surface area contributed by atoms with E-state index in [-0.39, 0.29) is 0 Å². The van der Waals surface area contributed by atoms with Crippen molar-refractivity contribution in [3.63, 3.8) is 0 Å². The number of anilines is 1. The van der Waals surface area contributed by atoms with Crippen LogP contribution in [0.15, 0.2) is 48.5 Å². The number of nitrogens with zero attached hydrogens (tertiary/aromatic N) is 3. The number of benzene rings is 2. The SMILES string of the molecule is N#CC(=Cc1ccccc1N1CCCC1)c1nc2ccccc2[nH]1. The summed E-state index contributed by atoms with van der Waals surface area (Å²) in [6, 6.07) is 18.4. The van der Waals surface area contributed by atoms with Gasteiger partial charge in [-0.15, -0.1) is 0 Å². The molecule has 0 spiro atoms. The lowest BCUT2D eigenvalue weighted by atomic mass is 10.1. The Hall–Kier alpha value is -3.06. The molecule has 0 unspecified atom stereocenters. The maximum Gasteiger partial charge on any atom is 0.149 e. The van der Waals surface area contributed by atoms with E-state index in [1.165, 1.54) is 18.5 Å². The summed E-state index contributed by atoms with van der Waals surface area (Å²) in [6.45, 7) is 2.16. The molecule has 1 fully saturated rings. The van der Waals surface area contributed by atoms with Crippen molar-refractivity contribution in [3.05, 3.63) is 59.9 Å². The molecule has 3 aromatic rings. The zero-order valence-electron chi connectivity index (χ0n) is 13.4. The lowest BCUT2D eigenvalue weighted by molar-refractivity contribution is 0.949. The lowest BCUT2D eigenvalue weighted by Crippen LogP contribution is -2.18. The van der Waals surface area contributed by atoms with Gasteiger partial charge in [-0.05, 0) is 42.7 Å². The van der Waals surface area contributed by atoms with Gasteiger partial charge < -0.3 is 9.88 Å². The van der Waals surface area contributed by atoms with Crippen LogP contribution >= 0.6 is 0 Å². The molecule has 0 atom stereocenters. The van der Waals surface area contributed by atoms with Gasteiger partial charge in [0.25, 0.3) is 0 Å². The molecule has 1 saturated heterocycles. The molecule has 24 heavy (non-hydrogen) atoms. The van der Waals surface area contributed by atoms with Gasteiger partial charge in [0.2, 0.25) is 0 Å². The van der Waals surface area contributed by atoms with E-state index < -0.39 is 0 Å². The molecule has 1 aliphatic heterocycles. The van der Waals surface area contributed by atoms with E-state index in [0.29, 0.717) is 11.4 Å². The Morgan fingerprint density at radius 2 is 1.83 bits per heavy atom. The molecule has 0 aliphatic carbocycles. The second kappa shape index (κ2) is 6.21. The van der Waals surface area contributed by atoms with Crippen LogP contribution in [-0.2, 0) is 0 Å². The summed E-state index contributed by atoms with van der Waals surface area (Å²) in [6.07, 6.45) is 4.39. The van der Waals surface area contributed by atoms with Gasteiger partial charge in [0, 0.05) is 18.8 Å². The number of aromatic amines is 1. The van der Waals surface area contributed by atoms with Crippen molar-refractivity contribution < 1.29 is 0 Å². The minimum atomic E-state index is 0.554. The summed E-state index contributed by atoms with van der Waals surface area (Å²) in [5, 5.41) is 9.63. The normalized spacial score (nSPS) is 15.0. The summed E-state index contributed by atoms with van der Waals surface area (Å²) in [5.74, 6) is 0.620. The predicted octanol–water partition coefficient (Wildman–Crippen LogP) is 4.23. The maximum atomic E-state index is 9.63. The first-order valence-electron chi connectivity index (χ1n) is 8.26. The second-order valence-electron chi connectivity index (χ2n) is 6.03. The molecule has 4 rings (SSSR count). The van der Waals surface area contributed by atoms with Crippen LogP contribution in [0.25, 0.3) is 22.7 Å². The predicted molar refractivity (Wildman–Crippen MR) is 97.5 cm³/mol. The molecule has 0 bridgehead atoms. The minimum absolute atomic E-state index is 0.554. The van der Waals surface area contributed by atoms with Crippen LogP contribution in [0.2, 0.25) is 0 Å². The second-order valence-corrected chi connectivity index (χ2v) is 6.03. The van der Waals surface area contributed by atoms with Gasteiger partial charge in [-0.25, -0.2) is 4.98 Å². The van der Waals surface area contributed by atoms with E-state index in [1.54, 1.807) is 0 Å².